The minimum atomic E-state index is -0.605. The van der Waals surface area contributed by atoms with E-state index in [2.05, 4.69) is 38.3 Å². The highest BCUT2D eigenvalue weighted by atomic mass is 19.1. The number of fused-ring (bicyclic) bond motifs is 2. The number of halogens is 1. The van der Waals surface area contributed by atoms with E-state index >= 15 is 4.39 Å². The van der Waals surface area contributed by atoms with E-state index in [1.54, 1.807) is 29.2 Å². The van der Waals surface area contributed by atoms with Crippen molar-refractivity contribution < 1.29 is 33.1 Å². The number of H-pyrrole nitrogens is 1. The number of ether oxygens (including phenoxy) is 1. The first kappa shape index (κ1) is 52.0. The largest absolute Gasteiger partial charge is 0.374 e. The Hall–Kier alpha value is -6.04. The fraction of sp³-hybridized carbons (Fsp3) is 0.576. The average Bonchev–Trinajstić information content (AvgIpc) is 4.11. The zero-order valence-electron chi connectivity index (χ0n) is 44.1. The number of hydrogen-bond acceptors (Lipinski definition) is 10. The van der Waals surface area contributed by atoms with Gasteiger partial charge in [0.1, 0.15) is 11.9 Å². The number of aromatic nitrogens is 2. The molecule has 4 aromatic rings. The quantitative estimate of drug-likeness (QED) is 0.176. The second-order valence-corrected chi connectivity index (χ2v) is 23.5. The first-order valence-corrected chi connectivity index (χ1v) is 28.2. The van der Waals surface area contributed by atoms with Gasteiger partial charge in [0.05, 0.1) is 40.8 Å². The highest BCUT2D eigenvalue weighted by Crippen LogP contribution is 2.58. The number of nitrogens with one attached hydrogen (secondary N) is 2. The number of aromatic amines is 1. The van der Waals surface area contributed by atoms with Gasteiger partial charge in [-0.1, -0.05) is 55.7 Å². The van der Waals surface area contributed by atoms with Crippen LogP contribution in [0.2, 0.25) is 0 Å². The molecule has 6 aliphatic heterocycles. The van der Waals surface area contributed by atoms with Gasteiger partial charge in [0.15, 0.2) is 0 Å². The third-order valence-electron chi connectivity index (χ3n) is 18.2. The molecule has 16 nitrogen and oxygen atoms in total. The summed E-state index contributed by atoms with van der Waals surface area (Å²) in [5, 5.41) is 11.3. The van der Waals surface area contributed by atoms with Crippen molar-refractivity contribution in [2.45, 2.75) is 102 Å². The van der Waals surface area contributed by atoms with Gasteiger partial charge < -0.3 is 29.7 Å². The Kier molecular flexibility index (Phi) is 15.2. The van der Waals surface area contributed by atoms with Crippen LogP contribution < -0.4 is 10.9 Å². The normalized spacial score (nSPS) is 25.3. The van der Waals surface area contributed by atoms with Gasteiger partial charge in [0.2, 0.25) is 17.7 Å². The lowest BCUT2D eigenvalue weighted by atomic mass is 9.62. The minimum Gasteiger partial charge on any atom is -0.374 e. The Morgan fingerprint density at radius 3 is 2.21 bits per heavy atom. The number of benzene rings is 3. The molecule has 404 valence electrons. The molecule has 8 aliphatic rings. The standard InChI is InChI=1S/C59H74FN9O7/c1-58-37-59(38-58,39-76-58)57(75)69-20-8-13-45(35-69)43-11-7-12-44(33-43)53(71)61-52(42-9-3-2-4-10-42)56(74)68-25-23-65(24-26-68)34-40-18-21-64(22-19-40)36-51(70)66-27-29-67(30-28-66)55(73)48-31-41(16-17-49(48)60)32-50-46-14-5-6-15-47(46)54(72)63-62-50/h5-7,11-12,14-17,31,33,40,42,45,52H,2-4,8-10,13,18-30,32,34-39H2,1H3,(H,61,71)(H,63,72)/t45?,52-,58?,59?/m1/s1. The summed E-state index contributed by atoms with van der Waals surface area (Å²) in [5.41, 5.74) is 2.13. The number of carbonyl (C=O) groups is 5. The molecule has 2 bridgehead atoms. The Balaban J connectivity index is 0.617. The van der Waals surface area contributed by atoms with Crippen LogP contribution in [0.15, 0.2) is 71.5 Å². The molecule has 76 heavy (non-hydrogen) atoms. The summed E-state index contributed by atoms with van der Waals surface area (Å²) in [7, 11) is 0. The van der Waals surface area contributed by atoms with Crippen LogP contribution in [0.4, 0.5) is 4.39 Å². The van der Waals surface area contributed by atoms with E-state index in [1.807, 2.05) is 45.0 Å². The van der Waals surface area contributed by atoms with Gasteiger partial charge in [0, 0.05) is 95.3 Å². The summed E-state index contributed by atoms with van der Waals surface area (Å²) in [6, 6.07) is 18.9. The molecule has 5 amide bonds. The predicted octanol–water partition coefficient (Wildman–Crippen LogP) is 5.45. The summed E-state index contributed by atoms with van der Waals surface area (Å²) in [4.78, 5) is 93.9. The van der Waals surface area contributed by atoms with Crippen LogP contribution >= 0.6 is 0 Å². The maximum absolute atomic E-state index is 15.1. The molecule has 1 unspecified atom stereocenters. The third kappa shape index (κ3) is 11.1. The Labute approximate surface area is 444 Å². The number of amides is 5. The number of piperazine rings is 2. The predicted molar refractivity (Wildman–Crippen MR) is 285 cm³/mol. The Morgan fingerprint density at radius 2 is 1.47 bits per heavy atom. The zero-order chi connectivity index (χ0) is 52.6. The van der Waals surface area contributed by atoms with E-state index in [0.29, 0.717) is 98.9 Å². The molecule has 1 aromatic heterocycles. The lowest BCUT2D eigenvalue weighted by molar-refractivity contribution is -0.147. The average molecular weight is 1040 g/mol. The monoisotopic (exact) mass is 1040 g/mol. The minimum absolute atomic E-state index is 0.0221. The molecular formula is C59H74FN9O7. The fourth-order valence-electron chi connectivity index (χ4n) is 13.9. The molecule has 0 spiro atoms. The highest BCUT2D eigenvalue weighted by Gasteiger charge is 2.64. The van der Waals surface area contributed by atoms with Crippen molar-refractivity contribution in [3.8, 4) is 0 Å². The third-order valence-corrected chi connectivity index (χ3v) is 18.2. The van der Waals surface area contributed by atoms with E-state index in [1.165, 1.54) is 6.07 Å². The van der Waals surface area contributed by atoms with Gasteiger partial charge >= 0.3 is 0 Å². The summed E-state index contributed by atoms with van der Waals surface area (Å²) in [6.45, 7) is 11.2. The van der Waals surface area contributed by atoms with Crippen LogP contribution in [0.3, 0.4) is 0 Å². The van der Waals surface area contributed by atoms with Crippen molar-refractivity contribution in [2.75, 3.05) is 98.2 Å². The van der Waals surface area contributed by atoms with E-state index in [4.69, 9.17) is 4.74 Å². The van der Waals surface area contributed by atoms with E-state index in [9.17, 15) is 28.8 Å². The van der Waals surface area contributed by atoms with Crippen LogP contribution in [-0.4, -0.2) is 179 Å². The number of nitrogens with zero attached hydrogens (tertiary/aromatic N) is 7. The number of hydrogen-bond donors (Lipinski definition) is 2. The summed E-state index contributed by atoms with van der Waals surface area (Å²) >= 11 is 0. The van der Waals surface area contributed by atoms with Gasteiger partial charge in [-0.15, -0.1) is 0 Å². The Bertz CT molecular complexity index is 2880. The SMILES string of the molecule is CC12CC(C(=O)N3CCCC(c4cccc(C(=O)N[C@@H](C(=O)N5CCN(CC6CCN(CC(=O)N7CCN(C(=O)c8cc(Cc9n[nH]c(=O)c%10ccccc9%10)ccc8F)CC7)CC6)CC5)C5CCCCC5)c4)C3)(CO1)C2. The van der Waals surface area contributed by atoms with Gasteiger partial charge in [-0.05, 0) is 125 Å². The van der Waals surface area contributed by atoms with Gasteiger partial charge in [0.25, 0.3) is 17.4 Å². The second kappa shape index (κ2) is 22.1. The maximum atomic E-state index is 15.1. The van der Waals surface area contributed by atoms with Crippen LogP contribution in [0, 0.1) is 23.1 Å². The fourth-order valence-corrected chi connectivity index (χ4v) is 13.9. The molecule has 2 aliphatic carbocycles. The van der Waals surface area contributed by atoms with Gasteiger partial charge in [-0.25, -0.2) is 9.49 Å². The summed E-state index contributed by atoms with van der Waals surface area (Å²) in [5.74, 6) is -0.200. The molecule has 17 heteroatoms. The molecule has 2 saturated carbocycles. The first-order chi connectivity index (χ1) is 36.8. The zero-order valence-corrected chi connectivity index (χ0v) is 44.1. The van der Waals surface area contributed by atoms with Crippen LogP contribution in [-0.2, 0) is 25.5 Å². The van der Waals surface area contributed by atoms with Crippen molar-refractivity contribution in [2.24, 2.45) is 17.3 Å². The van der Waals surface area contributed by atoms with Crippen molar-refractivity contribution in [1.29, 1.82) is 0 Å². The maximum Gasteiger partial charge on any atom is 0.272 e. The Morgan fingerprint density at radius 1 is 0.750 bits per heavy atom. The van der Waals surface area contributed by atoms with Crippen LogP contribution in [0.1, 0.15) is 121 Å². The summed E-state index contributed by atoms with van der Waals surface area (Å²) in [6.07, 6.45) is 10.9. The molecule has 12 rings (SSSR count). The van der Waals surface area contributed by atoms with Crippen molar-refractivity contribution in [3.63, 3.8) is 0 Å². The van der Waals surface area contributed by atoms with Crippen LogP contribution in [0.25, 0.3) is 10.8 Å². The van der Waals surface area contributed by atoms with Crippen molar-refractivity contribution in [1.82, 2.24) is 44.9 Å². The first-order valence-electron chi connectivity index (χ1n) is 28.2. The molecule has 6 saturated heterocycles. The highest BCUT2D eigenvalue weighted by molar-refractivity contribution is 5.98. The molecule has 0 radical (unpaired) electrons. The molecule has 2 atom stereocenters. The van der Waals surface area contributed by atoms with Gasteiger partial charge in [-0.3, -0.25) is 38.6 Å². The van der Waals surface area contributed by atoms with Crippen molar-refractivity contribution >= 4 is 40.3 Å². The number of carbonyl (C=O) groups excluding carboxylic acids is 5. The number of likely N-dealkylation sites (tertiary alicyclic amines) is 2. The number of piperidine rings is 2. The van der Waals surface area contributed by atoms with E-state index < -0.39 is 17.8 Å². The molecule has 7 heterocycles. The molecular weight excluding hydrogens is 966 g/mol. The molecule has 3 aromatic carbocycles. The van der Waals surface area contributed by atoms with Crippen molar-refractivity contribution in [3.05, 3.63) is 111 Å². The summed E-state index contributed by atoms with van der Waals surface area (Å²) < 4.78 is 21.1. The molecule has 8 fully saturated rings. The van der Waals surface area contributed by atoms with Gasteiger partial charge in [-0.2, -0.15) is 5.10 Å². The smallest absolute Gasteiger partial charge is 0.272 e. The van der Waals surface area contributed by atoms with Crippen LogP contribution in [0.5, 0.6) is 0 Å². The lowest BCUT2D eigenvalue weighted by Gasteiger charge is -2.45. The topological polar surface area (TPSA) is 172 Å². The number of rotatable bonds is 13. The van der Waals surface area contributed by atoms with E-state index in [-0.39, 0.29) is 57.6 Å². The lowest BCUT2D eigenvalue weighted by Crippen LogP contribution is -2.57. The molecule has 2 N–H and O–H groups in total. The van der Waals surface area contributed by atoms with E-state index in [0.717, 1.165) is 115 Å². The second-order valence-electron chi connectivity index (χ2n) is 23.5.